The van der Waals surface area contributed by atoms with Crippen LogP contribution in [-0.4, -0.2) is 9.97 Å². The van der Waals surface area contributed by atoms with Crippen LogP contribution in [-0.2, 0) is 0 Å². The molecule has 0 aliphatic heterocycles. The second kappa shape index (κ2) is 7.13. The molecule has 0 radical (unpaired) electrons. The molecule has 4 aromatic rings. The van der Waals surface area contributed by atoms with E-state index in [0.29, 0.717) is 28.2 Å². The van der Waals surface area contributed by atoms with Crippen LogP contribution in [0.5, 0.6) is 11.6 Å². The standard InChI is InChI=1S/C21H17ClN4O/c1-13-6-8-16(11-18(13)22)26-20-19(23)21(25-12-24-20)27-17-9-7-14-4-2-3-5-15(14)10-17/h2-12H,23H2,1H3,(H,24,25,26). The largest absolute Gasteiger partial charge is 0.437 e. The molecule has 3 aromatic carbocycles. The highest BCUT2D eigenvalue weighted by Gasteiger charge is 2.11. The summed E-state index contributed by atoms with van der Waals surface area (Å²) in [5.74, 6) is 1.41. The Morgan fingerprint density at radius 1 is 0.963 bits per heavy atom. The van der Waals surface area contributed by atoms with Gasteiger partial charge in [0.25, 0.3) is 0 Å². The minimum Gasteiger partial charge on any atom is -0.437 e. The molecule has 4 rings (SSSR count). The summed E-state index contributed by atoms with van der Waals surface area (Å²) >= 11 is 6.18. The zero-order valence-corrected chi connectivity index (χ0v) is 15.4. The number of halogens is 1. The van der Waals surface area contributed by atoms with Crippen molar-refractivity contribution in [1.82, 2.24) is 9.97 Å². The Kier molecular flexibility index (Phi) is 4.52. The molecule has 0 atom stereocenters. The number of nitrogens with zero attached hydrogens (tertiary/aromatic N) is 2. The smallest absolute Gasteiger partial charge is 0.248 e. The van der Waals surface area contributed by atoms with E-state index >= 15 is 0 Å². The van der Waals surface area contributed by atoms with Gasteiger partial charge in [-0.3, -0.25) is 0 Å². The molecule has 6 heteroatoms. The Morgan fingerprint density at radius 2 is 1.78 bits per heavy atom. The van der Waals surface area contributed by atoms with E-state index in [4.69, 9.17) is 22.1 Å². The maximum absolute atomic E-state index is 6.21. The minimum atomic E-state index is 0.293. The number of nitrogen functional groups attached to an aromatic ring is 1. The zero-order chi connectivity index (χ0) is 18.8. The molecule has 0 saturated heterocycles. The Morgan fingerprint density at radius 3 is 2.59 bits per heavy atom. The molecule has 0 fully saturated rings. The van der Waals surface area contributed by atoms with Crippen molar-refractivity contribution in [3.8, 4) is 11.6 Å². The number of fused-ring (bicyclic) bond motifs is 1. The van der Waals surface area contributed by atoms with E-state index in [1.165, 1.54) is 6.33 Å². The van der Waals surface area contributed by atoms with E-state index in [0.717, 1.165) is 22.0 Å². The maximum atomic E-state index is 6.21. The van der Waals surface area contributed by atoms with E-state index in [9.17, 15) is 0 Å². The van der Waals surface area contributed by atoms with Crippen molar-refractivity contribution in [1.29, 1.82) is 0 Å². The summed E-state index contributed by atoms with van der Waals surface area (Å²) in [5, 5.41) is 6.04. The van der Waals surface area contributed by atoms with E-state index in [-0.39, 0.29) is 0 Å². The van der Waals surface area contributed by atoms with Crippen LogP contribution in [0.4, 0.5) is 17.2 Å². The summed E-state index contributed by atoms with van der Waals surface area (Å²) < 4.78 is 5.90. The van der Waals surface area contributed by atoms with E-state index in [2.05, 4.69) is 15.3 Å². The van der Waals surface area contributed by atoms with Crippen LogP contribution >= 0.6 is 11.6 Å². The molecule has 0 amide bonds. The Hall–Kier alpha value is -3.31. The van der Waals surface area contributed by atoms with Gasteiger partial charge in [-0.2, -0.15) is 4.98 Å². The molecule has 134 valence electrons. The maximum Gasteiger partial charge on any atom is 0.248 e. The Labute approximate surface area is 161 Å². The fourth-order valence-corrected chi connectivity index (χ4v) is 2.89. The lowest BCUT2D eigenvalue weighted by atomic mass is 10.1. The predicted molar refractivity (Wildman–Crippen MR) is 110 cm³/mol. The molecule has 0 aliphatic rings. The monoisotopic (exact) mass is 376 g/mol. The summed E-state index contributed by atoms with van der Waals surface area (Å²) in [6.07, 6.45) is 1.41. The van der Waals surface area contributed by atoms with Crippen LogP contribution in [0.2, 0.25) is 5.02 Å². The average Bonchev–Trinajstić information content (AvgIpc) is 2.68. The van der Waals surface area contributed by atoms with Crippen molar-refractivity contribution in [3.63, 3.8) is 0 Å². The van der Waals surface area contributed by atoms with Gasteiger partial charge < -0.3 is 15.8 Å². The Balaban J connectivity index is 1.61. The topological polar surface area (TPSA) is 73.1 Å². The van der Waals surface area contributed by atoms with Gasteiger partial charge in [-0.1, -0.05) is 48.0 Å². The highest BCUT2D eigenvalue weighted by atomic mass is 35.5. The molecule has 0 unspecified atom stereocenters. The first kappa shape index (κ1) is 17.1. The van der Waals surface area contributed by atoms with Crippen LogP contribution in [0.3, 0.4) is 0 Å². The molecular weight excluding hydrogens is 360 g/mol. The van der Waals surface area contributed by atoms with Crippen molar-refractivity contribution in [3.05, 3.63) is 77.6 Å². The summed E-state index contributed by atoms with van der Waals surface area (Å²) in [6.45, 7) is 1.95. The molecule has 0 spiro atoms. The number of aromatic nitrogens is 2. The van der Waals surface area contributed by atoms with Crippen LogP contribution < -0.4 is 15.8 Å². The third-order valence-corrected chi connectivity index (χ3v) is 4.62. The van der Waals surface area contributed by atoms with Gasteiger partial charge in [0.1, 0.15) is 17.8 Å². The van der Waals surface area contributed by atoms with Crippen LogP contribution in [0, 0.1) is 6.92 Å². The third kappa shape index (κ3) is 3.64. The molecule has 0 saturated carbocycles. The molecule has 1 heterocycles. The zero-order valence-electron chi connectivity index (χ0n) is 14.6. The fraction of sp³-hybridized carbons (Fsp3) is 0.0476. The quantitative estimate of drug-likeness (QED) is 0.477. The number of hydrogen-bond acceptors (Lipinski definition) is 5. The van der Waals surface area contributed by atoms with E-state index in [1.54, 1.807) is 0 Å². The number of anilines is 3. The first-order valence-electron chi connectivity index (χ1n) is 8.40. The molecule has 1 aromatic heterocycles. The molecule has 0 bridgehead atoms. The molecule has 0 aliphatic carbocycles. The number of rotatable bonds is 4. The average molecular weight is 377 g/mol. The number of ether oxygens (including phenoxy) is 1. The molecule has 27 heavy (non-hydrogen) atoms. The second-order valence-electron chi connectivity index (χ2n) is 6.14. The van der Waals surface area contributed by atoms with Crippen molar-refractivity contribution < 1.29 is 4.74 Å². The lowest BCUT2D eigenvalue weighted by Gasteiger charge is -2.12. The first-order chi connectivity index (χ1) is 13.1. The first-order valence-corrected chi connectivity index (χ1v) is 8.78. The molecule has 3 N–H and O–H groups in total. The normalized spacial score (nSPS) is 10.7. The van der Waals surface area contributed by atoms with Gasteiger partial charge in [0.2, 0.25) is 5.88 Å². The summed E-state index contributed by atoms with van der Waals surface area (Å²) in [7, 11) is 0. The van der Waals surface area contributed by atoms with Gasteiger partial charge >= 0.3 is 0 Å². The van der Waals surface area contributed by atoms with Crippen molar-refractivity contribution >= 4 is 39.6 Å². The van der Waals surface area contributed by atoms with Gasteiger partial charge in [0.05, 0.1) is 0 Å². The number of nitrogens with one attached hydrogen (secondary N) is 1. The summed E-state index contributed by atoms with van der Waals surface area (Å²) in [6, 6.07) is 19.5. The molecule has 5 nitrogen and oxygen atoms in total. The number of benzene rings is 3. The number of aryl methyl sites for hydroxylation is 1. The minimum absolute atomic E-state index is 0.293. The lowest BCUT2D eigenvalue weighted by Crippen LogP contribution is -2.03. The summed E-state index contributed by atoms with van der Waals surface area (Å²) in [5.41, 5.74) is 8.32. The number of hydrogen-bond donors (Lipinski definition) is 2. The molecular formula is C21H17ClN4O. The van der Waals surface area contributed by atoms with Gasteiger partial charge in [-0.05, 0) is 47.5 Å². The SMILES string of the molecule is Cc1ccc(Nc2ncnc(Oc3ccc4ccccc4c3)c2N)cc1Cl. The van der Waals surface area contributed by atoms with Gasteiger partial charge in [-0.25, -0.2) is 4.98 Å². The predicted octanol–water partition coefficient (Wildman–Crippen LogP) is 5.71. The van der Waals surface area contributed by atoms with E-state index < -0.39 is 0 Å². The fourth-order valence-electron chi connectivity index (χ4n) is 2.71. The second-order valence-corrected chi connectivity index (χ2v) is 6.55. The van der Waals surface area contributed by atoms with Crippen molar-refractivity contribution in [2.75, 3.05) is 11.1 Å². The summed E-state index contributed by atoms with van der Waals surface area (Å²) in [4.78, 5) is 8.37. The third-order valence-electron chi connectivity index (χ3n) is 4.22. The van der Waals surface area contributed by atoms with E-state index in [1.807, 2.05) is 67.6 Å². The van der Waals surface area contributed by atoms with Crippen molar-refractivity contribution in [2.24, 2.45) is 0 Å². The highest BCUT2D eigenvalue weighted by Crippen LogP contribution is 2.32. The van der Waals surface area contributed by atoms with Crippen molar-refractivity contribution in [2.45, 2.75) is 6.92 Å². The van der Waals surface area contributed by atoms with Crippen LogP contribution in [0.25, 0.3) is 10.8 Å². The van der Waals surface area contributed by atoms with Gasteiger partial charge in [-0.15, -0.1) is 0 Å². The van der Waals surface area contributed by atoms with Crippen LogP contribution in [0.15, 0.2) is 67.0 Å². The number of nitrogens with two attached hydrogens (primary N) is 1. The highest BCUT2D eigenvalue weighted by molar-refractivity contribution is 6.31. The van der Waals surface area contributed by atoms with Gasteiger partial charge in [0, 0.05) is 10.7 Å². The Bertz CT molecular complexity index is 1130. The van der Waals surface area contributed by atoms with Crippen LogP contribution in [0.1, 0.15) is 5.56 Å². The van der Waals surface area contributed by atoms with Gasteiger partial charge in [0.15, 0.2) is 5.82 Å². The lowest BCUT2D eigenvalue weighted by molar-refractivity contribution is 0.465.